The highest BCUT2D eigenvalue weighted by atomic mass is 28.3. The first kappa shape index (κ1) is 35.6. The molecule has 0 aliphatic heterocycles. The van der Waals surface area contributed by atoms with Crippen molar-refractivity contribution in [3.63, 3.8) is 0 Å². The van der Waals surface area contributed by atoms with Crippen molar-refractivity contribution in [1.29, 1.82) is 0 Å². The summed E-state index contributed by atoms with van der Waals surface area (Å²) in [5, 5.41) is 8.98. The van der Waals surface area contributed by atoms with Gasteiger partial charge in [-0.15, -0.1) is 0 Å². The number of imidazole rings is 2. The monoisotopic (exact) mass is 821 g/mol. The van der Waals surface area contributed by atoms with E-state index in [1.165, 1.54) is 47.9 Å². The summed E-state index contributed by atoms with van der Waals surface area (Å²) in [6.45, 7) is 0. The maximum Gasteiger partial charge on any atom is 0.220 e. The molecule has 0 radical (unpaired) electrons. The van der Waals surface area contributed by atoms with Gasteiger partial charge >= 0.3 is 0 Å². The van der Waals surface area contributed by atoms with Crippen LogP contribution < -0.4 is 20.7 Å². The van der Waals surface area contributed by atoms with Gasteiger partial charge in [0.1, 0.15) is 5.65 Å². The Morgan fingerprint density at radius 1 is 0.317 bits per heavy atom. The molecule has 0 aliphatic carbocycles. The van der Waals surface area contributed by atoms with E-state index in [4.69, 9.17) is 4.98 Å². The van der Waals surface area contributed by atoms with Crippen molar-refractivity contribution in [2.45, 2.75) is 0 Å². The summed E-state index contributed by atoms with van der Waals surface area (Å²) in [5.74, 6) is 0.903. The average Bonchev–Trinajstić information content (AvgIpc) is 4.09. The molecule has 13 aromatic rings. The standard InChI is InChI=1S/C57H39N5Si/c1-4-20-40(21-5-1)59-50-33-13-10-30-47(50)55-48-31-11-14-34-51(48)60(56(55)59)41-22-18-28-45(38-41)63(43-24-6-2-7-25-43,44-26-8-3-9-27-44)46-29-19-23-42(39-46)61-53-36-16-17-37-54(53)62-52-35-15-12-32-49(52)58-57(61)62/h1-39H. The Hall–Kier alpha value is -8.19. The summed E-state index contributed by atoms with van der Waals surface area (Å²) in [5.41, 5.74) is 11.2. The van der Waals surface area contributed by atoms with Gasteiger partial charge in [0.25, 0.3) is 0 Å². The van der Waals surface area contributed by atoms with Gasteiger partial charge in [-0.2, -0.15) is 0 Å². The Kier molecular flexibility index (Phi) is 7.86. The van der Waals surface area contributed by atoms with E-state index in [9.17, 15) is 0 Å². The van der Waals surface area contributed by atoms with Crippen molar-refractivity contribution < 1.29 is 0 Å². The van der Waals surface area contributed by atoms with Gasteiger partial charge < -0.3 is 0 Å². The smallest absolute Gasteiger partial charge is 0.220 e. The molecule has 4 aromatic heterocycles. The van der Waals surface area contributed by atoms with Gasteiger partial charge in [-0.05, 0) is 93.5 Å². The first-order valence-corrected chi connectivity index (χ1v) is 23.6. The summed E-state index contributed by atoms with van der Waals surface area (Å²) in [7, 11) is -3.06. The first-order valence-electron chi connectivity index (χ1n) is 21.6. The van der Waals surface area contributed by atoms with E-state index in [1.807, 2.05) is 0 Å². The van der Waals surface area contributed by atoms with Crippen LogP contribution in [0.1, 0.15) is 0 Å². The third-order valence-corrected chi connectivity index (χ3v) is 17.8. The van der Waals surface area contributed by atoms with Crippen molar-refractivity contribution in [2.24, 2.45) is 0 Å². The van der Waals surface area contributed by atoms with Crippen LogP contribution in [0.25, 0.3) is 77.7 Å². The molecule has 63 heavy (non-hydrogen) atoms. The van der Waals surface area contributed by atoms with Crippen molar-refractivity contribution in [3.8, 4) is 17.1 Å². The van der Waals surface area contributed by atoms with Gasteiger partial charge in [-0.3, -0.25) is 18.1 Å². The van der Waals surface area contributed by atoms with E-state index < -0.39 is 8.07 Å². The highest BCUT2D eigenvalue weighted by Gasteiger charge is 2.42. The largest absolute Gasteiger partial charge is 0.295 e. The van der Waals surface area contributed by atoms with E-state index >= 15 is 0 Å². The topological polar surface area (TPSA) is 32.1 Å². The van der Waals surface area contributed by atoms with Crippen molar-refractivity contribution >= 4 is 89.5 Å². The molecule has 4 heterocycles. The fraction of sp³-hybridized carbons (Fsp3) is 0. The van der Waals surface area contributed by atoms with Gasteiger partial charge in [-0.1, -0.05) is 164 Å². The Morgan fingerprint density at radius 2 is 0.746 bits per heavy atom. The summed E-state index contributed by atoms with van der Waals surface area (Å²) in [6.07, 6.45) is 0. The van der Waals surface area contributed by atoms with E-state index in [0.717, 1.165) is 50.6 Å². The van der Waals surface area contributed by atoms with Gasteiger partial charge in [0.2, 0.25) is 5.78 Å². The molecule has 0 spiro atoms. The van der Waals surface area contributed by atoms with Crippen LogP contribution in [-0.4, -0.2) is 31.2 Å². The number of hydrogen-bond donors (Lipinski definition) is 0. The van der Waals surface area contributed by atoms with E-state index in [2.05, 4.69) is 255 Å². The second-order valence-corrected chi connectivity index (χ2v) is 20.2. The van der Waals surface area contributed by atoms with Crippen LogP contribution in [-0.2, 0) is 0 Å². The lowest BCUT2D eigenvalue weighted by atomic mass is 10.1. The molecule has 5 nitrogen and oxygen atoms in total. The highest BCUT2D eigenvalue weighted by Crippen LogP contribution is 2.40. The molecule has 0 bridgehead atoms. The predicted octanol–water partition coefficient (Wildman–Crippen LogP) is 10.8. The minimum absolute atomic E-state index is 0.903. The molecule has 0 N–H and O–H groups in total. The molecular weight excluding hydrogens is 783 g/mol. The third-order valence-electron chi connectivity index (χ3n) is 13.1. The number of benzene rings is 9. The minimum Gasteiger partial charge on any atom is -0.295 e. The zero-order valence-electron chi connectivity index (χ0n) is 34.3. The number of hydrogen-bond acceptors (Lipinski definition) is 1. The zero-order valence-corrected chi connectivity index (χ0v) is 35.3. The second-order valence-electron chi connectivity index (χ2n) is 16.4. The summed E-state index contributed by atoms with van der Waals surface area (Å²) < 4.78 is 9.59. The fourth-order valence-electron chi connectivity index (χ4n) is 10.5. The van der Waals surface area contributed by atoms with Crippen LogP contribution in [0.3, 0.4) is 0 Å². The Balaban J connectivity index is 1.12. The lowest BCUT2D eigenvalue weighted by molar-refractivity contribution is 1.07. The SMILES string of the molecule is c1ccc(-n2c3ccccc3c3c4ccccc4n(-c4cccc([Si](c5ccccc5)(c5ccccc5)c5cccc(-n6c7ccccc7n7c8ccccc8nc67)c5)c4)c32)cc1. The molecule has 0 saturated carbocycles. The molecule has 6 heteroatoms. The van der Waals surface area contributed by atoms with E-state index in [1.54, 1.807) is 0 Å². The second kappa shape index (κ2) is 13.9. The van der Waals surface area contributed by atoms with E-state index in [-0.39, 0.29) is 0 Å². The van der Waals surface area contributed by atoms with E-state index in [0.29, 0.717) is 0 Å². The van der Waals surface area contributed by atoms with Crippen molar-refractivity contribution in [1.82, 2.24) is 23.1 Å². The number of rotatable bonds is 7. The number of nitrogens with zero attached hydrogens (tertiary/aromatic N) is 5. The van der Waals surface area contributed by atoms with Crippen LogP contribution in [0.4, 0.5) is 0 Å². The van der Waals surface area contributed by atoms with Crippen LogP contribution in [0.5, 0.6) is 0 Å². The van der Waals surface area contributed by atoms with Gasteiger partial charge in [-0.25, -0.2) is 4.98 Å². The molecule has 0 unspecified atom stereocenters. The van der Waals surface area contributed by atoms with Crippen LogP contribution in [0.2, 0.25) is 0 Å². The molecule has 9 aromatic carbocycles. The zero-order chi connectivity index (χ0) is 41.5. The lowest BCUT2D eigenvalue weighted by Crippen LogP contribution is -2.74. The Morgan fingerprint density at radius 3 is 1.35 bits per heavy atom. The molecule has 0 aliphatic rings. The molecule has 296 valence electrons. The molecule has 13 rings (SSSR count). The van der Waals surface area contributed by atoms with Gasteiger partial charge in [0.15, 0.2) is 8.07 Å². The van der Waals surface area contributed by atoms with Gasteiger partial charge in [0, 0.05) is 33.2 Å². The molecule has 0 atom stereocenters. The first-order chi connectivity index (χ1) is 31.3. The number of aromatic nitrogens is 5. The van der Waals surface area contributed by atoms with Gasteiger partial charge in [0.05, 0.1) is 33.1 Å². The maximum atomic E-state index is 5.26. The summed E-state index contributed by atoms with van der Waals surface area (Å²) in [4.78, 5) is 5.26. The van der Waals surface area contributed by atoms with Crippen molar-refractivity contribution in [3.05, 3.63) is 237 Å². The quantitative estimate of drug-likeness (QED) is 0.116. The molecule has 0 saturated heterocycles. The normalized spacial score (nSPS) is 12.1. The minimum atomic E-state index is -3.06. The summed E-state index contributed by atoms with van der Waals surface area (Å²) in [6, 6.07) is 86.8. The van der Waals surface area contributed by atoms with Crippen LogP contribution in [0.15, 0.2) is 237 Å². The summed E-state index contributed by atoms with van der Waals surface area (Å²) >= 11 is 0. The average molecular weight is 822 g/mol. The Bertz CT molecular complexity index is 3820. The lowest BCUT2D eigenvalue weighted by Gasteiger charge is -2.35. The third kappa shape index (κ3) is 5.13. The fourth-order valence-corrected chi connectivity index (χ4v) is 15.3. The Labute approximate surface area is 364 Å². The number of para-hydroxylation sites is 7. The van der Waals surface area contributed by atoms with Crippen LogP contribution in [0, 0.1) is 0 Å². The van der Waals surface area contributed by atoms with Crippen molar-refractivity contribution in [2.75, 3.05) is 0 Å². The molecule has 0 amide bonds. The number of fused-ring (bicyclic) bond motifs is 10. The maximum absolute atomic E-state index is 5.26. The molecular formula is C57H39N5Si. The molecule has 0 fully saturated rings. The highest BCUT2D eigenvalue weighted by molar-refractivity contribution is 7.20. The van der Waals surface area contributed by atoms with Crippen LogP contribution >= 0.6 is 0 Å². The predicted molar refractivity (Wildman–Crippen MR) is 264 cm³/mol.